The fourth-order valence-corrected chi connectivity index (χ4v) is 1.31. The molecule has 1 unspecified atom stereocenters. The van der Waals surface area contributed by atoms with Crippen molar-refractivity contribution >= 4 is 11.8 Å². The number of hydrogen-bond acceptors (Lipinski definition) is 3. The first kappa shape index (κ1) is 13.2. The molecular formula is C12H16N2O3. The van der Waals surface area contributed by atoms with Crippen molar-refractivity contribution in [1.82, 2.24) is 5.32 Å². The van der Waals surface area contributed by atoms with Crippen LogP contribution in [0.3, 0.4) is 0 Å². The number of hydrogen-bond donors (Lipinski definition) is 2. The van der Waals surface area contributed by atoms with E-state index in [0.29, 0.717) is 6.61 Å². The van der Waals surface area contributed by atoms with E-state index in [1.807, 2.05) is 30.3 Å². The number of carbonyl (C=O) groups is 2. The summed E-state index contributed by atoms with van der Waals surface area (Å²) in [5, 5.41) is 2.43. The topological polar surface area (TPSA) is 81.4 Å². The molecule has 0 saturated heterocycles. The maximum absolute atomic E-state index is 11.0. The first-order valence-corrected chi connectivity index (χ1v) is 5.27. The van der Waals surface area contributed by atoms with E-state index in [9.17, 15) is 9.59 Å². The first-order valence-electron chi connectivity index (χ1n) is 5.27. The minimum atomic E-state index is -0.781. The lowest BCUT2D eigenvalue weighted by Gasteiger charge is -2.14. The van der Waals surface area contributed by atoms with Gasteiger partial charge in [0.25, 0.3) is 0 Å². The van der Waals surface area contributed by atoms with Gasteiger partial charge in [-0.2, -0.15) is 0 Å². The Morgan fingerprint density at radius 3 is 2.53 bits per heavy atom. The number of nitrogens with two attached hydrogens (primary N) is 1. The van der Waals surface area contributed by atoms with E-state index in [4.69, 9.17) is 10.5 Å². The number of ether oxygens (including phenoxy) is 1. The van der Waals surface area contributed by atoms with Gasteiger partial charge in [0.2, 0.25) is 11.8 Å². The Balaban J connectivity index is 2.37. The van der Waals surface area contributed by atoms with E-state index in [1.54, 1.807) is 0 Å². The summed E-state index contributed by atoms with van der Waals surface area (Å²) in [4.78, 5) is 21.8. The number of rotatable bonds is 6. The minimum Gasteiger partial charge on any atom is -0.374 e. The lowest BCUT2D eigenvalue weighted by atomic mass is 10.2. The third-order valence-corrected chi connectivity index (χ3v) is 2.12. The maximum atomic E-state index is 11.0. The highest BCUT2D eigenvalue weighted by Crippen LogP contribution is 2.00. The van der Waals surface area contributed by atoms with Crippen LogP contribution < -0.4 is 11.1 Å². The summed E-state index contributed by atoms with van der Waals surface area (Å²) in [7, 11) is 0. The predicted molar refractivity (Wildman–Crippen MR) is 62.9 cm³/mol. The predicted octanol–water partition coefficient (Wildman–Crippen LogP) is 0.193. The van der Waals surface area contributed by atoms with Crippen LogP contribution in [0.15, 0.2) is 30.3 Å². The monoisotopic (exact) mass is 236 g/mol. The number of nitrogens with one attached hydrogen (secondary N) is 1. The Morgan fingerprint density at radius 1 is 1.35 bits per heavy atom. The van der Waals surface area contributed by atoms with Crippen LogP contribution in [0, 0.1) is 0 Å². The Morgan fingerprint density at radius 2 is 2.00 bits per heavy atom. The van der Waals surface area contributed by atoms with Crippen LogP contribution in [0.2, 0.25) is 0 Å². The fourth-order valence-electron chi connectivity index (χ4n) is 1.31. The average molecular weight is 236 g/mol. The molecule has 17 heavy (non-hydrogen) atoms. The van der Waals surface area contributed by atoms with Gasteiger partial charge >= 0.3 is 0 Å². The first-order chi connectivity index (χ1) is 8.09. The van der Waals surface area contributed by atoms with Crippen molar-refractivity contribution < 1.29 is 14.3 Å². The van der Waals surface area contributed by atoms with E-state index in [-0.39, 0.29) is 12.5 Å². The molecule has 5 heteroatoms. The third-order valence-electron chi connectivity index (χ3n) is 2.12. The smallest absolute Gasteiger partial charge is 0.242 e. The second-order valence-corrected chi connectivity index (χ2v) is 3.66. The largest absolute Gasteiger partial charge is 0.374 e. The molecule has 1 rings (SSSR count). The van der Waals surface area contributed by atoms with Crippen molar-refractivity contribution in [1.29, 1.82) is 0 Å². The van der Waals surface area contributed by atoms with Crippen LogP contribution >= 0.6 is 0 Å². The molecule has 0 aliphatic heterocycles. The standard InChI is InChI=1S/C12H16N2O3/c1-9(15)14-11(12(13)16)8-17-7-10-5-3-2-4-6-10/h2-6,11H,7-8H2,1H3,(H2,13,16)(H,14,15). The lowest BCUT2D eigenvalue weighted by molar-refractivity contribution is -0.127. The van der Waals surface area contributed by atoms with E-state index in [2.05, 4.69) is 5.32 Å². The van der Waals surface area contributed by atoms with E-state index < -0.39 is 11.9 Å². The Bertz CT molecular complexity index is 379. The summed E-state index contributed by atoms with van der Waals surface area (Å²) in [5.74, 6) is -0.912. The quantitative estimate of drug-likeness (QED) is 0.740. The van der Waals surface area contributed by atoms with Crippen LogP contribution in [0.1, 0.15) is 12.5 Å². The summed E-state index contributed by atoms with van der Waals surface area (Å²) < 4.78 is 5.33. The SMILES string of the molecule is CC(=O)NC(COCc1ccccc1)C(N)=O. The van der Waals surface area contributed by atoms with Gasteiger partial charge in [-0.1, -0.05) is 30.3 Å². The van der Waals surface area contributed by atoms with Gasteiger partial charge in [0.15, 0.2) is 0 Å². The molecule has 0 aliphatic rings. The van der Waals surface area contributed by atoms with Gasteiger partial charge in [-0.3, -0.25) is 9.59 Å². The fraction of sp³-hybridized carbons (Fsp3) is 0.333. The summed E-state index contributed by atoms with van der Waals surface area (Å²) in [6.45, 7) is 1.78. The molecule has 92 valence electrons. The second-order valence-electron chi connectivity index (χ2n) is 3.66. The lowest BCUT2D eigenvalue weighted by Crippen LogP contribution is -2.46. The molecule has 0 bridgehead atoms. The van der Waals surface area contributed by atoms with Gasteiger partial charge in [-0.25, -0.2) is 0 Å². The molecule has 0 aliphatic carbocycles. The Hall–Kier alpha value is -1.88. The Kier molecular flexibility index (Phi) is 5.16. The molecule has 2 amide bonds. The Labute approximate surface area is 99.9 Å². The molecule has 3 N–H and O–H groups in total. The maximum Gasteiger partial charge on any atom is 0.242 e. The van der Waals surface area contributed by atoms with Gasteiger partial charge in [0.1, 0.15) is 6.04 Å². The van der Waals surface area contributed by atoms with Gasteiger partial charge in [0, 0.05) is 6.92 Å². The molecule has 1 aromatic rings. The van der Waals surface area contributed by atoms with E-state index >= 15 is 0 Å². The van der Waals surface area contributed by atoms with Crippen molar-refractivity contribution in [3.8, 4) is 0 Å². The van der Waals surface area contributed by atoms with Crippen molar-refractivity contribution in [2.75, 3.05) is 6.61 Å². The highest BCUT2D eigenvalue weighted by molar-refractivity contribution is 5.85. The zero-order valence-corrected chi connectivity index (χ0v) is 9.68. The van der Waals surface area contributed by atoms with Gasteiger partial charge in [-0.15, -0.1) is 0 Å². The number of carbonyl (C=O) groups excluding carboxylic acids is 2. The minimum absolute atomic E-state index is 0.0732. The number of amides is 2. The molecular weight excluding hydrogens is 220 g/mol. The second kappa shape index (κ2) is 6.65. The zero-order valence-electron chi connectivity index (χ0n) is 9.68. The van der Waals surface area contributed by atoms with Crippen molar-refractivity contribution in [2.24, 2.45) is 5.73 Å². The highest BCUT2D eigenvalue weighted by atomic mass is 16.5. The van der Waals surface area contributed by atoms with Crippen molar-refractivity contribution in [3.63, 3.8) is 0 Å². The normalized spacial score (nSPS) is 11.8. The molecule has 1 aromatic carbocycles. The number of benzene rings is 1. The van der Waals surface area contributed by atoms with E-state index in [0.717, 1.165) is 5.56 Å². The van der Waals surface area contributed by atoms with Gasteiger partial charge in [-0.05, 0) is 5.56 Å². The molecule has 0 spiro atoms. The molecule has 0 heterocycles. The summed E-state index contributed by atoms with van der Waals surface area (Å²) in [6, 6.07) is 8.76. The molecule has 0 radical (unpaired) electrons. The molecule has 1 atom stereocenters. The summed E-state index contributed by atoms with van der Waals surface area (Å²) in [6.07, 6.45) is 0. The highest BCUT2D eigenvalue weighted by Gasteiger charge is 2.16. The average Bonchev–Trinajstić information content (AvgIpc) is 2.28. The molecule has 0 saturated carbocycles. The third kappa shape index (κ3) is 5.12. The number of primary amides is 1. The van der Waals surface area contributed by atoms with Crippen molar-refractivity contribution in [2.45, 2.75) is 19.6 Å². The van der Waals surface area contributed by atoms with Gasteiger partial charge in [0.05, 0.1) is 13.2 Å². The van der Waals surface area contributed by atoms with Crippen LogP contribution in [0.4, 0.5) is 0 Å². The van der Waals surface area contributed by atoms with Crippen LogP contribution in [-0.4, -0.2) is 24.5 Å². The zero-order chi connectivity index (χ0) is 12.7. The van der Waals surface area contributed by atoms with E-state index in [1.165, 1.54) is 6.92 Å². The van der Waals surface area contributed by atoms with Crippen LogP contribution in [-0.2, 0) is 20.9 Å². The molecule has 5 nitrogen and oxygen atoms in total. The van der Waals surface area contributed by atoms with Crippen molar-refractivity contribution in [3.05, 3.63) is 35.9 Å². The van der Waals surface area contributed by atoms with Crippen LogP contribution in [0.5, 0.6) is 0 Å². The molecule has 0 aromatic heterocycles. The van der Waals surface area contributed by atoms with Crippen LogP contribution in [0.25, 0.3) is 0 Å². The van der Waals surface area contributed by atoms with Gasteiger partial charge < -0.3 is 15.8 Å². The summed E-state index contributed by atoms with van der Waals surface area (Å²) >= 11 is 0. The summed E-state index contributed by atoms with van der Waals surface area (Å²) in [5.41, 5.74) is 6.13. The molecule has 0 fully saturated rings.